The Morgan fingerprint density at radius 2 is 1.70 bits per heavy atom. The second kappa shape index (κ2) is 7.62. The van der Waals surface area contributed by atoms with Gasteiger partial charge in [-0.2, -0.15) is 0 Å². The molecule has 0 bridgehead atoms. The topological polar surface area (TPSA) is 40.6 Å². The van der Waals surface area contributed by atoms with Crippen LogP contribution in [0.3, 0.4) is 0 Å². The van der Waals surface area contributed by atoms with Crippen molar-refractivity contribution in [1.29, 1.82) is 0 Å². The van der Waals surface area contributed by atoms with E-state index in [0.29, 0.717) is 12.3 Å². The van der Waals surface area contributed by atoms with Gasteiger partial charge in [-0.1, -0.05) is 39.8 Å². The average molecular weight is 316 g/mol. The molecule has 4 heteroatoms. The number of benzene rings is 1. The number of piperazine rings is 1. The molecule has 1 saturated heterocycles. The molecule has 23 heavy (non-hydrogen) atoms. The molecular weight excluding hydrogens is 288 g/mol. The number of hydrogen-bond acceptors (Lipinski definition) is 3. The summed E-state index contributed by atoms with van der Waals surface area (Å²) in [6.07, 6.45) is 0.623. The van der Waals surface area contributed by atoms with Gasteiger partial charge in [-0.15, -0.1) is 0 Å². The third-order valence-corrected chi connectivity index (χ3v) is 4.24. The van der Waals surface area contributed by atoms with Crippen LogP contribution >= 0.6 is 0 Å². The van der Waals surface area contributed by atoms with Crippen molar-refractivity contribution in [3.8, 4) is 0 Å². The van der Waals surface area contributed by atoms with Gasteiger partial charge in [0, 0.05) is 49.8 Å². The molecule has 126 valence electrons. The molecule has 0 aromatic heterocycles. The Hall–Kier alpha value is -1.84. The van der Waals surface area contributed by atoms with Crippen molar-refractivity contribution < 1.29 is 9.59 Å². The highest BCUT2D eigenvalue weighted by atomic mass is 16.2. The SMILES string of the molecule is CC(C)CC(=O)N1CCN(c2cccc(C(=O)C(C)C)c2)CC1. The van der Waals surface area contributed by atoms with Gasteiger partial charge in [-0.25, -0.2) is 0 Å². The number of rotatable bonds is 5. The van der Waals surface area contributed by atoms with E-state index in [1.54, 1.807) is 0 Å². The number of amides is 1. The van der Waals surface area contributed by atoms with E-state index in [-0.39, 0.29) is 17.6 Å². The number of nitrogens with zero attached hydrogens (tertiary/aromatic N) is 2. The molecule has 1 aromatic carbocycles. The first-order valence-corrected chi connectivity index (χ1v) is 8.55. The molecule has 0 N–H and O–H groups in total. The zero-order chi connectivity index (χ0) is 17.0. The Bertz CT molecular complexity index is 558. The van der Waals surface area contributed by atoms with Crippen molar-refractivity contribution in [1.82, 2.24) is 4.90 Å². The largest absolute Gasteiger partial charge is 0.368 e. The highest BCUT2D eigenvalue weighted by Crippen LogP contribution is 2.20. The number of carbonyl (C=O) groups excluding carboxylic acids is 2. The summed E-state index contributed by atoms with van der Waals surface area (Å²) in [5.41, 5.74) is 1.85. The lowest BCUT2D eigenvalue weighted by Crippen LogP contribution is -2.49. The molecular formula is C19H28N2O2. The van der Waals surface area contributed by atoms with E-state index < -0.39 is 0 Å². The molecule has 0 unspecified atom stereocenters. The summed E-state index contributed by atoms with van der Waals surface area (Å²) >= 11 is 0. The first kappa shape index (κ1) is 17.5. The normalized spacial score (nSPS) is 15.4. The lowest BCUT2D eigenvalue weighted by molar-refractivity contribution is -0.132. The van der Waals surface area contributed by atoms with Gasteiger partial charge in [0.1, 0.15) is 0 Å². The average Bonchev–Trinajstić information content (AvgIpc) is 2.53. The summed E-state index contributed by atoms with van der Waals surface area (Å²) in [7, 11) is 0. The van der Waals surface area contributed by atoms with Gasteiger partial charge >= 0.3 is 0 Å². The van der Waals surface area contributed by atoms with Crippen LogP contribution in [0.1, 0.15) is 44.5 Å². The number of carbonyl (C=O) groups is 2. The summed E-state index contributed by atoms with van der Waals surface area (Å²) in [4.78, 5) is 28.5. The molecule has 1 aromatic rings. The third-order valence-electron chi connectivity index (χ3n) is 4.24. The maximum absolute atomic E-state index is 12.2. The first-order chi connectivity index (χ1) is 10.9. The molecule has 0 spiro atoms. The molecule has 1 fully saturated rings. The lowest BCUT2D eigenvalue weighted by atomic mass is 10.0. The van der Waals surface area contributed by atoms with Gasteiger partial charge in [0.05, 0.1) is 0 Å². The van der Waals surface area contributed by atoms with Crippen LogP contribution in [-0.2, 0) is 4.79 Å². The predicted molar refractivity (Wildman–Crippen MR) is 93.9 cm³/mol. The van der Waals surface area contributed by atoms with E-state index in [2.05, 4.69) is 18.7 Å². The van der Waals surface area contributed by atoms with Crippen molar-refractivity contribution in [2.24, 2.45) is 11.8 Å². The van der Waals surface area contributed by atoms with E-state index in [9.17, 15) is 9.59 Å². The Balaban J connectivity index is 1.99. The molecule has 1 aliphatic heterocycles. The monoisotopic (exact) mass is 316 g/mol. The van der Waals surface area contributed by atoms with Gasteiger partial charge in [-0.3, -0.25) is 9.59 Å². The fraction of sp³-hybridized carbons (Fsp3) is 0.579. The fourth-order valence-corrected chi connectivity index (χ4v) is 2.88. The zero-order valence-electron chi connectivity index (χ0n) is 14.7. The van der Waals surface area contributed by atoms with Crippen LogP contribution in [0.4, 0.5) is 5.69 Å². The molecule has 4 nitrogen and oxygen atoms in total. The van der Waals surface area contributed by atoms with Gasteiger partial charge in [-0.05, 0) is 18.1 Å². The van der Waals surface area contributed by atoms with Crippen LogP contribution < -0.4 is 4.90 Å². The number of ketones is 1. The van der Waals surface area contributed by atoms with Crippen molar-refractivity contribution in [2.45, 2.75) is 34.1 Å². The van der Waals surface area contributed by atoms with E-state index >= 15 is 0 Å². The number of hydrogen-bond donors (Lipinski definition) is 0. The maximum Gasteiger partial charge on any atom is 0.222 e. The van der Waals surface area contributed by atoms with Crippen LogP contribution in [0.25, 0.3) is 0 Å². The Morgan fingerprint density at radius 3 is 2.26 bits per heavy atom. The summed E-state index contributed by atoms with van der Waals surface area (Å²) in [6, 6.07) is 7.85. The van der Waals surface area contributed by atoms with Crippen molar-refractivity contribution in [3.63, 3.8) is 0 Å². The van der Waals surface area contributed by atoms with Crippen LogP contribution in [0.5, 0.6) is 0 Å². The molecule has 2 rings (SSSR count). The molecule has 0 radical (unpaired) electrons. The van der Waals surface area contributed by atoms with Crippen LogP contribution in [-0.4, -0.2) is 42.8 Å². The summed E-state index contributed by atoms with van der Waals surface area (Å²) < 4.78 is 0. The Morgan fingerprint density at radius 1 is 1.04 bits per heavy atom. The van der Waals surface area contributed by atoms with Crippen LogP contribution in [0, 0.1) is 11.8 Å². The maximum atomic E-state index is 12.2. The van der Waals surface area contributed by atoms with Crippen LogP contribution in [0.15, 0.2) is 24.3 Å². The fourth-order valence-electron chi connectivity index (χ4n) is 2.88. The Kier molecular flexibility index (Phi) is 5.80. The predicted octanol–water partition coefficient (Wildman–Crippen LogP) is 3.22. The van der Waals surface area contributed by atoms with Gasteiger partial charge in [0.25, 0.3) is 0 Å². The van der Waals surface area contributed by atoms with Gasteiger partial charge < -0.3 is 9.80 Å². The van der Waals surface area contributed by atoms with E-state index in [0.717, 1.165) is 37.4 Å². The molecule has 0 aliphatic carbocycles. The lowest BCUT2D eigenvalue weighted by Gasteiger charge is -2.36. The minimum atomic E-state index is 0.00996. The zero-order valence-corrected chi connectivity index (χ0v) is 14.7. The van der Waals surface area contributed by atoms with Crippen LogP contribution in [0.2, 0.25) is 0 Å². The number of anilines is 1. The first-order valence-electron chi connectivity index (χ1n) is 8.55. The second-order valence-electron chi connectivity index (χ2n) is 7.04. The third kappa shape index (κ3) is 4.57. The van der Waals surface area contributed by atoms with Crippen molar-refractivity contribution >= 4 is 17.4 Å². The van der Waals surface area contributed by atoms with Gasteiger partial charge in [0.2, 0.25) is 5.91 Å². The highest BCUT2D eigenvalue weighted by molar-refractivity contribution is 5.98. The second-order valence-corrected chi connectivity index (χ2v) is 7.04. The van der Waals surface area contributed by atoms with Crippen molar-refractivity contribution in [3.05, 3.63) is 29.8 Å². The molecule has 1 amide bonds. The minimum Gasteiger partial charge on any atom is -0.368 e. The van der Waals surface area contributed by atoms with Gasteiger partial charge in [0.15, 0.2) is 5.78 Å². The summed E-state index contributed by atoms with van der Waals surface area (Å²) in [5.74, 6) is 0.844. The minimum absolute atomic E-state index is 0.00996. The molecule has 1 aliphatic rings. The van der Waals surface area contributed by atoms with Crippen molar-refractivity contribution in [2.75, 3.05) is 31.1 Å². The quantitative estimate of drug-likeness (QED) is 0.783. The smallest absolute Gasteiger partial charge is 0.222 e. The van der Waals surface area contributed by atoms with E-state index in [1.807, 2.05) is 43.0 Å². The molecule has 0 saturated carbocycles. The Labute approximate surface area is 139 Å². The number of Topliss-reactive ketones (excluding diaryl/α,β-unsaturated/α-hetero) is 1. The standard InChI is InChI=1S/C19H28N2O2/c1-14(2)12-18(22)21-10-8-20(9-11-21)17-7-5-6-16(13-17)19(23)15(3)4/h5-7,13-15H,8-12H2,1-4H3. The molecule has 1 heterocycles. The summed E-state index contributed by atoms with van der Waals surface area (Å²) in [6.45, 7) is 11.2. The highest BCUT2D eigenvalue weighted by Gasteiger charge is 2.22. The molecule has 0 atom stereocenters. The summed E-state index contributed by atoms with van der Waals surface area (Å²) in [5, 5.41) is 0. The van der Waals surface area contributed by atoms with E-state index in [1.165, 1.54) is 0 Å². The van der Waals surface area contributed by atoms with E-state index in [4.69, 9.17) is 0 Å².